The zero-order valence-electron chi connectivity index (χ0n) is 12.7. The largest absolute Gasteiger partial charge is 0.325 e. The minimum Gasteiger partial charge on any atom is -0.323 e. The predicted octanol–water partition coefficient (Wildman–Crippen LogP) is 3.00. The molecular formula is C17H22N2O2. The first-order chi connectivity index (χ1) is 10.0. The zero-order chi connectivity index (χ0) is 15.0. The molecule has 1 saturated carbocycles. The summed E-state index contributed by atoms with van der Waals surface area (Å²) in [5.74, 6) is 0.172. The highest BCUT2D eigenvalue weighted by Gasteiger charge is 2.54. The van der Waals surface area contributed by atoms with E-state index in [4.69, 9.17) is 0 Å². The van der Waals surface area contributed by atoms with Crippen molar-refractivity contribution in [3.63, 3.8) is 0 Å². The molecule has 4 nitrogen and oxygen atoms in total. The number of imide groups is 1. The molecule has 2 atom stereocenters. The van der Waals surface area contributed by atoms with Gasteiger partial charge in [0.1, 0.15) is 5.54 Å². The molecule has 1 aliphatic carbocycles. The van der Waals surface area contributed by atoms with Crippen LogP contribution in [-0.2, 0) is 11.3 Å². The van der Waals surface area contributed by atoms with Crippen LogP contribution in [0.4, 0.5) is 4.79 Å². The molecule has 21 heavy (non-hydrogen) atoms. The highest BCUT2D eigenvalue weighted by molar-refractivity contribution is 6.07. The van der Waals surface area contributed by atoms with E-state index in [1.54, 1.807) is 0 Å². The van der Waals surface area contributed by atoms with Crippen LogP contribution in [0.15, 0.2) is 24.3 Å². The Bertz CT molecular complexity index is 567. The molecule has 0 radical (unpaired) electrons. The van der Waals surface area contributed by atoms with Crippen molar-refractivity contribution in [1.82, 2.24) is 10.2 Å². The van der Waals surface area contributed by atoms with Crippen molar-refractivity contribution in [1.29, 1.82) is 0 Å². The van der Waals surface area contributed by atoms with Crippen LogP contribution < -0.4 is 5.32 Å². The smallest absolute Gasteiger partial charge is 0.323 e. The number of rotatable bonds is 2. The molecule has 2 aliphatic rings. The van der Waals surface area contributed by atoms with Gasteiger partial charge in [-0.15, -0.1) is 0 Å². The van der Waals surface area contributed by atoms with Gasteiger partial charge in [-0.3, -0.25) is 9.69 Å². The van der Waals surface area contributed by atoms with Crippen molar-refractivity contribution in [3.05, 3.63) is 35.4 Å². The average molecular weight is 286 g/mol. The third-order valence-electron chi connectivity index (χ3n) is 4.96. The van der Waals surface area contributed by atoms with E-state index < -0.39 is 5.54 Å². The standard InChI is InChI=1S/C17H22N2O2/c1-12-6-8-14(9-7-12)11-19-15(20)17(18-16(19)21)10-4-3-5-13(17)2/h6-9,13H,3-5,10-11H2,1-2H3,(H,18,21)/t13-,17+/m0/s1. The Balaban J connectivity index is 1.82. The quantitative estimate of drug-likeness (QED) is 0.850. The van der Waals surface area contributed by atoms with Gasteiger partial charge in [0.25, 0.3) is 5.91 Å². The maximum absolute atomic E-state index is 12.8. The van der Waals surface area contributed by atoms with E-state index in [-0.39, 0.29) is 17.9 Å². The molecule has 1 spiro atoms. The average Bonchev–Trinajstić information content (AvgIpc) is 2.70. The fraction of sp³-hybridized carbons (Fsp3) is 0.529. The molecule has 4 heteroatoms. The van der Waals surface area contributed by atoms with Crippen molar-refractivity contribution >= 4 is 11.9 Å². The highest BCUT2D eigenvalue weighted by atomic mass is 16.2. The van der Waals surface area contributed by atoms with Crippen LogP contribution in [0.2, 0.25) is 0 Å². The Morgan fingerprint density at radius 2 is 1.95 bits per heavy atom. The maximum Gasteiger partial charge on any atom is 0.325 e. The Hall–Kier alpha value is -1.84. The van der Waals surface area contributed by atoms with E-state index in [2.05, 4.69) is 12.2 Å². The molecular weight excluding hydrogens is 264 g/mol. The van der Waals surface area contributed by atoms with Gasteiger partial charge < -0.3 is 5.32 Å². The van der Waals surface area contributed by atoms with E-state index in [1.165, 1.54) is 10.5 Å². The maximum atomic E-state index is 12.8. The molecule has 3 rings (SSSR count). The number of carbonyl (C=O) groups excluding carboxylic acids is 2. The lowest BCUT2D eigenvalue weighted by molar-refractivity contribution is -0.134. The SMILES string of the molecule is Cc1ccc(CN2C(=O)N[C@@]3(CCCC[C@@H]3C)C2=O)cc1. The Labute approximate surface area is 125 Å². The van der Waals surface area contributed by atoms with Crippen LogP contribution in [-0.4, -0.2) is 22.4 Å². The normalized spacial score (nSPS) is 29.0. The first-order valence-corrected chi connectivity index (χ1v) is 7.72. The lowest BCUT2D eigenvalue weighted by atomic mass is 9.73. The minimum absolute atomic E-state index is 0.0414. The summed E-state index contributed by atoms with van der Waals surface area (Å²) in [6.45, 7) is 4.46. The first-order valence-electron chi connectivity index (χ1n) is 7.72. The molecule has 1 saturated heterocycles. The fourth-order valence-electron chi connectivity index (χ4n) is 3.52. The summed E-state index contributed by atoms with van der Waals surface area (Å²) in [6.07, 6.45) is 3.92. The summed E-state index contributed by atoms with van der Waals surface area (Å²) in [7, 11) is 0. The summed E-state index contributed by atoms with van der Waals surface area (Å²) >= 11 is 0. The number of nitrogens with zero attached hydrogens (tertiary/aromatic N) is 1. The Morgan fingerprint density at radius 3 is 2.62 bits per heavy atom. The van der Waals surface area contributed by atoms with Gasteiger partial charge in [-0.2, -0.15) is 0 Å². The summed E-state index contributed by atoms with van der Waals surface area (Å²) in [5.41, 5.74) is 1.51. The molecule has 3 amide bonds. The van der Waals surface area contributed by atoms with Crippen molar-refractivity contribution in [2.24, 2.45) is 5.92 Å². The van der Waals surface area contributed by atoms with Crippen LogP contribution in [0, 0.1) is 12.8 Å². The van der Waals surface area contributed by atoms with E-state index in [1.807, 2.05) is 31.2 Å². The van der Waals surface area contributed by atoms with Gasteiger partial charge in [0.05, 0.1) is 6.54 Å². The summed E-state index contributed by atoms with van der Waals surface area (Å²) in [6, 6.07) is 7.73. The number of nitrogens with one attached hydrogen (secondary N) is 1. The topological polar surface area (TPSA) is 49.4 Å². The van der Waals surface area contributed by atoms with Crippen molar-refractivity contribution in [2.45, 2.75) is 51.6 Å². The molecule has 2 fully saturated rings. The van der Waals surface area contributed by atoms with Gasteiger partial charge in [-0.1, -0.05) is 49.6 Å². The molecule has 0 bridgehead atoms. The summed E-state index contributed by atoms with van der Waals surface area (Å²) in [5, 5.41) is 2.99. The second-order valence-electron chi connectivity index (χ2n) is 6.43. The molecule has 0 aromatic heterocycles. The van der Waals surface area contributed by atoms with E-state index in [0.29, 0.717) is 6.54 Å². The third-order valence-corrected chi connectivity index (χ3v) is 4.96. The van der Waals surface area contributed by atoms with Crippen molar-refractivity contribution in [2.75, 3.05) is 0 Å². The van der Waals surface area contributed by atoms with E-state index in [0.717, 1.165) is 31.2 Å². The van der Waals surface area contributed by atoms with E-state index in [9.17, 15) is 9.59 Å². The van der Waals surface area contributed by atoms with Gasteiger partial charge in [0.15, 0.2) is 0 Å². The van der Waals surface area contributed by atoms with Gasteiger partial charge in [-0.05, 0) is 31.2 Å². The summed E-state index contributed by atoms with van der Waals surface area (Å²) < 4.78 is 0. The molecule has 112 valence electrons. The number of amides is 3. The second kappa shape index (κ2) is 5.17. The summed E-state index contributed by atoms with van der Waals surface area (Å²) in [4.78, 5) is 26.5. The molecule has 1 aliphatic heterocycles. The molecule has 0 unspecified atom stereocenters. The number of carbonyl (C=O) groups is 2. The lowest BCUT2D eigenvalue weighted by Gasteiger charge is -2.36. The lowest BCUT2D eigenvalue weighted by Crippen LogP contribution is -2.53. The number of hydrogen-bond acceptors (Lipinski definition) is 2. The molecule has 1 heterocycles. The number of benzene rings is 1. The Morgan fingerprint density at radius 1 is 1.24 bits per heavy atom. The molecule has 1 aromatic rings. The van der Waals surface area contributed by atoms with Crippen LogP contribution in [0.1, 0.15) is 43.7 Å². The van der Waals surface area contributed by atoms with Gasteiger partial charge in [0, 0.05) is 0 Å². The first kappa shape index (κ1) is 14.1. The van der Waals surface area contributed by atoms with Crippen LogP contribution >= 0.6 is 0 Å². The minimum atomic E-state index is -0.653. The van der Waals surface area contributed by atoms with Gasteiger partial charge in [0.2, 0.25) is 0 Å². The van der Waals surface area contributed by atoms with Crippen molar-refractivity contribution in [3.8, 4) is 0 Å². The third kappa shape index (κ3) is 2.33. The predicted molar refractivity (Wildman–Crippen MR) is 80.6 cm³/mol. The highest BCUT2D eigenvalue weighted by Crippen LogP contribution is 2.38. The monoisotopic (exact) mass is 286 g/mol. The van der Waals surface area contributed by atoms with Gasteiger partial charge in [-0.25, -0.2) is 4.79 Å². The van der Waals surface area contributed by atoms with Crippen LogP contribution in [0.3, 0.4) is 0 Å². The van der Waals surface area contributed by atoms with Crippen LogP contribution in [0.5, 0.6) is 0 Å². The Kier molecular flexibility index (Phi) is 3.47. The fourth-order valence-corrected chi connectivity index (χ4v) is 3.52. The second-order valence-corrected chi connectivity index (χ2v) is 6.43. The molecule has 1 N–H and O–H groups in total. The number of aryl methyl sites for hydroxylation is 1. The van der Waals surface area contributed by atoms with Crippen LogP contribution in [0.25, 0.3) is 0 Å². The van der Waals surface area contributed by atoms with Gasteiger partial charge >= 0.3 is 6.03 Å². The zero-order valence-corrected chi connectivity index (χ0v) is 12.7. The molecule has 1 aromatic carbocycles. The van der Waals surface area contributed by atoms with Crippen molar-refractivity contribution < 1.29 is 9.59 Å². The van der Waals surface area contributed by atoms with E-state index >= 15 is 0 Å². The number of hydrogen-bond donors (Lipinski definition) is 1. The number of urea groups is 1.